The summed E-state index contributed by atoms with van der Waals surface area (Å²) < 4.78 is 0. The standard InChI is InChI=1S/C25H39N5O3/c1-24(2,26)14-9-13-21(31)29(5)18-22(32)30-16-10-15-25(19-30,23(33)27-28(3)4)17-20-11-7-6-8-12-20/h6-9,11-13H,10,14-19,26H2,1-5H3,(H,27,33)/b13-9+/t25-/m1/s1. The molecule has 1 heterocycles. The maximum atomic E-state index is 13.3. The molecule has 1 aliphatic rings. The van der Waals surface area contributed by atoms with Crippen molar-refractivity contribution in [1.82, 2.24) is 20.2 Å². The molecule has 3 N–H and O–H groups in total. The highest BCUT2D eigenvalue weighted by molar-refractivity contribution is 5.91. The summed E-state index contributed by atoms with van der Waals surface area (Å²) in [6.45, 7) is 4.63. The van der Waals surface area contributed by atoms with E-state index in [4.69, 9.17) is 5.73 Å². The van der Waals surface area contributed by atoms with Crippen LogP contribution in [-0.2, 0) is 20.8 Å². The number of amides is 3. The molecule has 1 aromatic carbocycles. The number of nitrogens with one attached hydrogen (secondary N) is 1. The number of nitrogens with two attached hydrogens (primary N) is 1. The van der Waals surface area contributed by atoms with E-state index in [1.807, 2.05) is 44.2 Å². The second-order valence-electron chi connectivity index (χ2n) is 9.99. The third-order valence-electron chi connectivity index (χ3n) is 5.77. The number of nitrogens with zero attached hydrogens (tertiary/aromatic N) is 3. The maximum absolute atomic E-state index is 13.3. The molecule has 182 valence electrons. The van der Waals surface area contributed by atoms with Crippen LogP contribution in [0.3, 0.4) is 0 Å². The van der Waals surface area contributed by atoms with E-state index in [9.17, 15) is 14.4 Å². The van der Waals surface area contributed by atoms with Crippen LogP contribution in [0.2, 0.25) is 0 Å². The van der Waals surface area contributed by atoms with Crippen molar-refractivity contribution in [2.75, 3.05) is 40.8 Å². The summed E-state index contributed by atoms with van der Waals surface area (Å²) in [5.74, 6) is -0.496. The molecule has 0 aliphatic carbocycles. The molecule has 1 aromatic rings. The van der Waals surface area contributed by atoms with Gasteiger partial charge in [-0.3, -0.25) is 19.8 Å². The largest absolute Gasteiger partial charge is 0.340 e. The third kappa shape index (κ3) is 8.29. The second kappa shape index (κ2) is 11.4. The lowest BCUT2D eigenvalue weighted by Gasteiger charge is -2.42. The first-order valence-corrected chi connectivity index (χ1v) is 11.4. The van der Waals surface area contributed by atoms with Crippen LogP contribution in [0.5, 0.6) is 0 Å². The van der Waals surface area contributed by atoms with Gasteiger partial charge in [0.05, 0.1) is 12.0 Å². The fraction of sp³-hybridized carbons (Fsp3) is 0.560. The van der Waals surface area contributed by atoms with Crippen LogP contribution in [-0.4, -0.2) is 78.8 Å². The quantitative estimate of drug-likeness (QED) is 0.433. The zero-order chi connectivity index (χ0) is 24.6. The van der Waals surface area contributed by atoms with Crippen LogP contribution >= 0.6 is 0 Å². The van der Waals surface area contributed by atoms with E-state index in [0.717, 1.165) is 12.0 Å². The molecule has 33 heavy (non-hydrogen) atoms. The summed E-state index contributed by atoms with van der Waals surface area (Å²) >= 11 is 0. The fourth-order valence-corrected chi connectivity index (χ4v) is 4.03. The first-order chi connectivity index (χ1) is 15.4. The fourth-order valence-electron chi connectivity index (χ4n) is 4.03. The Bertz CT molecular complexity index is 847. The van der Waals surface area contributed by atoms with Crippen molar-refractivity contribution in [2.45, 2.75) is 45.1 Å². The Morgan fingerprint density at radius 1 is 1.18 bits per heavy atom. The van der Waals surface area contributed by atoms with Crippen molar-refractivity contribution < 1.29 is 14.4 Å². The number of hydrogen-bond acceptors (Lipinski definition) is 5. The number of benzene rings is 1. The average molecular weight is 458 g/mol. The predicted molar refractivity (Wildman–Crippen MR) is 130 cm³/mol. The van der Waals surface area contributed by atoms with Crippen LogP contribution < -0.4 is 11.2 Å². The zero-order valence-electron chi connectivity index (χ0n) is 20.6. The van der Waals surface area contributed by atoms with Gasteiger partial charge in [0.2, 0.25) is 17.7 Å². The number of carbonyl (C=O) groups excluding carboxylic acids is 3. The minimum absolute atomic E-state index is 0.0358. The SMILES string of the molecule is CN(C)NC(=O)[C@@]1(Cc2ccccc2)CCCN(C(=O)CN(C)C(=O)/C=C/CC(C)(C)N)C1. The monoisotopic (exact) mass is 457 g/mol. The van der Waals surface area contributed by atoms with Crippen molar-refractivity contribution in [2.24, 2.45) is 11.1 Å². The number of piperidine rings is 1. The molecular formula is C25H39N5O3. The van der Waals surface area contributed by atoms with Gasteiger partial charge >= 0.3 is 0 Å². The van der Waals surface area contributed by atoms with E-state index in [0.29, 0.717) is 32.4 Å². The molecule has 0 aromatic heterocycles. The van der Waals surface area contributed by atoms with Gasteiger partial charge in [0.1, 0.15) is 0 Å². The van der Waals surface area contributed by atoms with Crippen LogP contribution in [0.4, 0.5) is 0 Å². The highest BCUT2D eigenvalue weighted by atomic mass is 16.2. The smallest absolute Gasteiger partial charge is 0.246 e. The Labute approximate surface area is 197 Å². The van der Waals surface area contributed by atoms with Gasteiger partial charge in [-0.05, 0) is 51.2 Å². The van der Waals surface area contributed by atoms with Crippen molar-refractivity contribution in [3.63, 3.8) is 0 Å². The molecule has 1 saturated heterocycles. The van der Waals surface area contributed by atoms with Crippen molar-refractivity contribution in [3.05, 3.63) is 48.0 Å². The molecule has 0 bridgehead atoms. The van der Waals surface area contributed by atoms with E-state index < -0.39 is 11.0 Å². The average Bonchev–Trinajstić information content (AvgIpc) is 2.73. The van der Waals surface area contributed by atoms with Gasteiger partial charge in [-0.25, -0.2) is 5.01 Å². The van der Waals surface area contributed by atoms with E-state index in [1.165, 1.54) is 11.0 Å². The summed E-state index contributed by atoms with van der Waals surface area (Å²) in [5, 5.41) is 1.64. The Hall–Kier alpha value is -2.71. The minimum atomic E-state index is -0.727. The topological polar surface area (TPSA) is 99.0 Å². The second-order valence-corrected chi connectivity index (χ2v) is 9.99. The van der Waals surface area contributed by atoms with E-state index in [2.05, 4.69) is 5.43 Å². The lowest BCUT2D eigenvalue weighted by Crippen LogP contribution is -2.57. The van der Waals surface area contributed by atoms with Crippen LogP contribution in [0.15, 0.2) is 42.5 Å². The Morgan fingerprint density at radius 2 is 1.85 bits per heavy atom. The molecule has 2 rings (SSSR count). The number of rotatable bonds is 9. The molecule has 8 nitrogen and oxygen atoms in total. The highest BCUT2D eigenvalue weighted by Crippen LogP contribution is 2.34. The van der Waals surface area contributed by atoms with Gasteiger partial charge in [0, 0.05) is 39.8 Å². The molecule has 0 saturated carbocycles. The molecule has 3 amide bonds. The predicted octanol–water partition coefficient (Wildman–Crippen LogP) is 1.57. The number of likely N-dealkylation sites (tertiary alicyclic amines) is 1. The summed E-state index contributed by atoms with van der Waals surface area (Å²) in [4.78, 5) is 41.9. The lowest BCUT2D eigenvalue weighted by atomic mass is 9.74. The van der Waals surface area contributed by atoms with Crippen molar-refractivity contribution >= 4 is 17.7 Å². The molecule has 0 unspecified atom stereocenters. The van der Waals surface area contributed by atoms with Gasteiger partial charge in [0.15, 0.2) is 0 Å². The van der Waals surface area contributed by atoms with Crippen molar-refractivity contribution in [3.8, 4) is 0 Å². The summed E-state index contributed by atoms with van der Waals surface area (Å²) in [5.41, 5.74) is 8.77. The van der Waals surface area contributed by atoms with E-state index in [-0.39, 0.29) is 24.3 Å². The van der Waals surface area contributed by atoms with Gasteiger partial charge in [0.25, 0.3) is 0 Å². The van der Waals surface area contributed by atoms with Crippen molar-refractivity contribution in [1.29, 1.82) is 0 Å². The van der Waals surface area contributed by atoms with Gasteiger partial charge < -0.3 is 15.5 Å². The summed E-state index contributed by atoms with van der Waals surface area (Å²) in [6, 6.07) is 9.87. The molecule has 8 heteroatoms. The first-order valence-electron chi connectivity index (χ1n) is 11.4. The summed E-state index contributed by atoms with van der Waals surface area (Å²) in [6.07, 6.45) is 5.72. The normalized spacial score (nSPS) is 19.1. The number of hydrazine groups is 1. The first kappa shape index (κ1) is 26.5. The van der Waals surface area contributed by atoms with Crippen LogP contribution in [0.25, 0.3) is 0 Å². The number of hydrogen-bond donors (Lipinski definition) is 2. The van der Waals surface area contributed by atoms with Crippen LogP contribution in [0, 0.1) is 5.41 Å². The van der Waals surface area contributed by atoms with Gasteiger partial charge in [-0.2, -0.15) is 0 Å². The summed E-state index contributed by atoms with van der Waals surface area (Å²) in [7, 11) is 5.16. The van der Waals surface area contributed by atoms with Gasteiger partial charge in [-0.1, -0.05) is 36.4 Å². The molecule has 0 spiro atoms. The third-order valence-corrected chi connectivity index (χ3v) is 5.77. The molecule has 0 radical (unpaired) electrons. The Kier molecular flexibility index (Phi) is 9.19. The lowest BCUT2D eigenvalue weighted by molar-refractivity contribution is -0.146. The van der Waals surface area contributed by atoms with E-state index in [1.54, 1.807) is 37.1 Å². The number of likely N-dealkylation sites (N-methyl/N-ethyl adjacent to an activating group) is 1. The molecule has 1 fully saturated rings. The number of carbonyl (C=O) groups is 3. The minimum Gasteiger partial charge on any atom is -0.340 e. The molecule has 1 aliphatic heterocycles. The van der Waals surface area contributed by atoms with E-state index >= 15 is 0 Å². The highest BCUT2D eigenvalue weighted by Gasteiger charge is 2.43. The molecule has 1 atom stereocenters. The van der Waals surface area contributed by atoms with Gasteiger partial charge in [-0.15, -0.1) is 0 Å². The zero-order valence-corrected chi connectivity index (χ0v) is 20.6. The van der Waals surface area contributed by atoms with Crippen LogP contribution in [0.1, 0.15) is 38.7 Å². The molecular weight excluding hydrogens is 418 g/mol. The Balaban J connectivity index is 2.11. The maximum Gasteiger partial charge on any atom is 0.246 e. The Morgan fingerprint density at radius 3 is 2.45 bits per heavy atom.